The van der Waals surface area contributed by atoms with Crippen LogP contribution < -0.4 is 14.8 Å². The van der Waals surface area contributed by atoms with Crippen molar-refractivity contribution in [1.29, 1.82) is 0 Å². The molecule has 16 heteroatoms. The Balaban J connectivity index is 1.64. The van der Waals surface area contributed by atoms with Crippen molar-refractivity contribution in [1.82, 2.24) is 20.1 Å². The summed E-state index contributed by atoms with van der Waals surface area (Å²) in [6.07, 6.45) is 1.48. The molecule has 0 unspecified atom stereocenters. The monoisotopic (exact) mass is 704 g/mol. The van der Waals surface area contributed by atoms with Crippen LogP contribution in [0.15, 0.2) is 32.1 Å². The molecule has 3 N–H and O–H groups in total. The Bertz CT molecular complexity index is 1680. The number of aryl methyl sites for hydroxylation is 4. The molecule has 1 aromatic carbocycles. The minimum absolute atomic E-state index is 0.0791. The molecular weight excluding hydrogens is 656 g/mol. The maximum Gasteiger partial charge on any atom is 0.321 e. The largest absolute Gasteiger partial charge is 0.490 e. The van der Waals surface area contributed by atoms with Crippen molar-refractivity contribution in [2.45, 2.75) is 90.9 Å². The zero-order chi connectivity index (χ0) is 36.0. The molecule has 1 aliphatic heterocycles. The number of sulfonamides is 1. The molecule has 0 spiro atoms. The molecule has 270 valence electrons. The van der Waals surface area contributed by atoms with Crippen LogP contribution in [0.2, 0.25) is 0 Å². The van der Waals surface area contributed by atoms with Crippen molar-refractivity contribution >= 4 is 33.3 Å². The second kappa shape index (κ2) is 16.0. The van der Waals surface area contributed by atoms with E-state index >= 15 is 0 Å². The van der Waals surface area contributed by atoms with Gasteiger partial charge in [0.25, 0.3) is 15.9 Å². The van der Waals surface area contributed by atoms with Crippen LogP contribution in [-0.4, -0.2) is 97.2 Å². The summed E-state index contributed by atoms with van der Waals surface area (Å²) in [5.74, 6) is 0.166. The third-order valence-electron chi connectivity index (χ3n) is 8.61. The summed E-state index contributed by atoms with van der Waals surface area (Å²) in [6.45, 7) is 12.5. The second-order valence-corrected chi connectivity index (χ2v) is 14.4. The molecule has 0 saturated heterocycles. The number of nitrogens with zero attached hydrogens (tertiary/aromatic N) is 4. The number of carbonyl (C=O) groups excluding carboxylic acids is 2. The van der Waals surface area contributed by atoms with Gasteiger partial charge in [0.05, 0.1) is 30.4 Å². The molecule has 0 radical (unpaired) electrons. The lowest BCUT2D eigenvalue weighted by Gasteiger charge is -2.35. The van der Waals surface area contributed by atoms with Gasteiger partial charge < -0.3 is 38.7 Å². The van der Waals surface area contributed by atoms with E-state index in [-0.39, 0.29) is 65.3 Å². The lowest BCUT2D eigenvalue weighted by Crippen LogP contribution is -2.48. The zero-order valence-electron chi connectivity index (χ0n) is 29.4. The Morgan fingerprint density at radius 2 is 1.80 bits per heavy atom. The summed E-state index contributed by atoms with van der Waals surface area (Å²) in [5, 5.41) is 20.7. The number of hydrogen-bond donors (Lipinski definition) is 3. The van der Waals surface area contributed by atoms with Crippen molar-refractivity contribution in [3.8, 4) is 5.75 Å². The molecule has 0 fully saturated rings. The fraction of sp³-hybridized carbons (Fsp3) is 0.576. The van der Waals surface area contributed by atoms with Gasteiger partial charge in [-0.1, -0.05) is 17.2 Å². The zero-order valence-corrected chi connectivity index (χ0v) is 30.2. The maximum absolute atomic E-state index is 14.4. The van der Waals surface area contributed by atoms with Crippen LogP contribution in [0.5, 0.6) is 5.75 Å². The number of urea groups is 1. The summed E-state index contributed by atoms with van der Waals surface area (Å²) in [7, 11) is -2.44. The van der Waals surface area contributed by atoms with E-state index in [9.17, 15) is 23.1 Å². The summed E-state index contributed by atoms with van der Waals surface area (Å²) >= 11 is 0. The third kappa shape index (κ3) is 9.10. The van der Waals surface area contributed by atoms with E-state index in [0.29, 0.717) is 35.9 Å². The Kier molecular flexibility index (Phi) is 12.3. The normalized spacial score (nSPS) is 20.1. The molecule has 3 amide bonds. The fourth-order valence-electron chi connectivity index (χ4n) is 5.73. The van der Waals surface area contributed by atoms with Crippen LogP contribution in [0.4, 0.5) is 16.2 Å². The minimum Gasteiger partial charge on any atom is -0.490 e. The first kappa shape index (κ1) is 37.7. The number of ether oxygens (including phenoxy) is 2. The Morgan fingerprint density at radius 1 is 1.10 bits per heavy atom. The summed E-state index contributed by atoms with van der Waals surface area (Å²) in [5.41, 5.74) is 1.54. The topological polar surface area (TPSA) is 190 Å². The van der Waals surface area contributed by atoms with Crippen LogP contribution in [0.1, 0.15) is 73.3 Å². The van der Waals surface area contributed by atoms with Gasteiger partial charge >= 0.3 is 6.03 Å². The molecule has 4 rings (SSSR count). The van der Waals surface area contributed by atoms with Crippen molar-refractivity contribution in [2.24, 2.45) is 5.92 Å². The highest BCUT2D eigenvalue weighted by molar-refractivity contribution is 7.92. The number of fused-ring (bicyclic) bond motifs is 1. The fourth-order valence-corrected chi connectivity index (χ4v) is 7.11. The summed E-state index contributed by atoms with van der Waals surface area (Å²) in [6, 6.07) is 3.57. The predicted octanol–water partition coefficient (Wildman–Crippen LogP) is 4.66. The number of hydrogen-bond acceptors (Lipinski definition) is 11. The van der Waals surface area contributed by atoms with Gasteiger partial charge in [-0.25, -0.2) is 13.2 Å². The molecule has 3 heterocycles. The van der Waals surface area contributed by atoms with Crippen LogP contribution in [-0.2, 0) is 14.8 Å². The van der Waals surface area contributed by atoms with E-state index in [0.717, 1.165) is 12.8 Å². The Labute approximate surface area is 287 Å². The molecule has 15 nitrogen and oxygen atoms in total. The SMILES string of the molecule is Cc1noc(C)c1NC(=O)N(C)C[C@@H]1OCCCC[C@@H](C)Oc2ccc(NS(=O)(=O)c3c(C)noc3C)cc2C(=O)N([C@H](C)CO)C[C@H]1C. The van der Waals surface area contributed by atoms with Gasteiger partial charge in [-0.3, -0.25) is 9.52 Å². The minimum atomic E-state index is -4.10. The molecule has 49 heavy (non-hydrogen) atoms. The number of carbonyl (C=O) groups is 2. The van der Waals surface area contributed by atoms with Crippen LogP contribution in [0.3, 0.4) is 0 Å². The van der Waals surface area contributed by atoms with E-state index in [1.165, 1.54) is 35.8 Å². The lowest BCUT2D eigenvalue weighted by molar-refractivity contribution is -0.0115. The van der Waals surface area contributed by atoms with Crippen LogP contribution in [0.25, 0.3) is 0 Å². The van der Waals surface area contributed by atoms with Gasteiger partial charge in [0.1, 0.15) is 22.8 Å². The van der Waals surface area contributed by atoms with E-state index < -0.39 is 28.1 Å². The van der Waals surface area contributed by atoms with Gasteiger partial charge in [0, 0.05) is 38.3 Å². The van der Waals surface area contributed by atoms with Crippen LogP contribution >= 0.6 is 0 Å². The third-order valence-corrected chi connectivity index (χ3v) is 10.2. The number of amides is 3. The van der Waals surface area contributed by atoms with E-state index in [1.54, 1.807) is 33.9 Å². The number of aliphatic hydroxyl groups is 1. The summed E-state index contributed by atoms with van der Waals surface area (Å²) in [4.78, 5) is 30.5. The number of anilines is 2. The number of aliphatic hydroxyl groups excluding tert-OH is 1. The van der Waals surface area contributed by atoms with Crippen LogP contribution in [0, 0.1) is 33.6 Å². The highest BCUT2D eigenvalue weighted by Crippen LogP contribution is 2.30. The van der Waals surface area contributed by atoms with Crippen molar-refractivity contribution in [2.75, 3.05) is 43.4 Å². The van der Waals surface area contributed by atoms with E-state index in [2.05, 4.69) is 20.4 Å². The standard InChI is InChI=1S/C33H48N6O9S/c1-19-16-39(20(2)18-40)32(41)27-15-26(37-49(43,44)31-23(5)36-48-25(31)7)12-13-28(27)46-21(3)11-9-10-14-45-29(19)17-38(8)33(42)34-30-22(4)35-47-24(30)6/h12-13,15,19-21,29,37,40H,9-11,14,16-18H2,1-8H3,(H,34,42)/t19-,20-,21-,29+/m1/s1. The molecule has 0 aliphatic carbocycles. The predicted molar refractivity (Wildman–Crippen MR) is 181 cm³/mol. The number of benzene rings is 1. The quantitative estimate of drug-likeness (QED) is 0.296. The van der Waals surface area contributed by atoms with E-state index in [1.807, 2.05) is 13.8 Å². The summed E-state index contributed by atoms with van der Waals surface area (Å²) < 4.78 is 52.0. The van der Waals surface area contributed by atoms with Crippen molar-refractivity contribution in [3.05, 3.63) is 46.7 Å². The molecule has 4 atom stereocenters. The first-order valence-electron chi connectivity index (χ1n) is 16.4. The second-order valence-electron chi connectivity index (χ2n) is 12.8. The molecule has 0 bridgehead atoms. The first-order chi connectivity index (χ1) is 23.1. The highest BCUT2D eigenvalue weighted by atomic mass is 32.2. The molecule has 1 aliphatic rings. The Hall–Kier alpha value is -4.15. The molecule has 2 aromatic heterocycles. The number of nitrogens with one attached hydrogen (secondary N) is 2. The van der Waals surface area contributed by atoms with Gasteiger partial charge in [0.15, 0.2) is 16.4 Å². The highest BCUT2D eigenvalue weighted by Gasteiger charge is 2.32. The average Bonchev–Trinajstić information content (AvgIpc) is 3.56. The van der Waals surface area contributed by atoms with Gasteiger partial charge in [-0.05, 0) is 79.0 Å². The van der Waals surface area contributed by atoms with Gasteiger partial charge in [-0.15, -0.1) is 0 Å². The van der Waals surface area contributed by atoms with E-state index in [4.69, 9.17) is 18.5 Å². The van der Waals surface area contributed by atoms with Crippen molar-refractivity contribution < 1.29 is 41.6 Å². The molecule has 0 saturated carbocycles. The molecular formula is C33H48N6O9S. The smallest absolute Gasteiger partial charge is 0.321 e. The lowest BCUT2D eigenvalue weighted by atomic mass is 10.0. The average molecular weight is 705 g/mol. The van der Waals surface area contributed by atoms with Gasteiger partial charge in [0.2, 0.25) is 0 Å². The number of rotatable bonds is 8. The number of aromatic nitrogens is 2. The first-order valence-corrected chi connectivity index (χ1v) is 17.9. The maximum atomic E-state index is 14.4. The number of likely N-dealkylation sites (N-methyl/N-ethyl adjacent to an activating group) is 1. The molecule has 3 aromatic rings. The Morgan fingerprint density at radius 3 is 2.43 bits per heavy atom. The van der Waals surface area contributed by atoms with Gasteiger partial charge in [-0.2, -0.15) is 0 Å². The van der Waals surface area contributed by atoms with Crippen molar-refractivity contribution in [3.63, 3.8) is 0 Å².